The van der Waals surface area contributed by atoms with Gasteiger partial charge in [-0.25, -0.2) is 9.97 Å². The van der Waals surface area contributed by atoms with Crippen LogP contribution < -0.4 is 0 Å². The SMILES string of the molecule is FC(F)(Cl)C(F)(F)C1=Cc2nc1c(-c1ccccc1)c1ccc([nH]1)c(-c1ccccc1)c1nc(c(-c3ccccc3)c3ccc([nH]3)c2-c2ccccc2)C=C1. The Hall–Kier alpha value is -6.51. The Bertz CT molecular complexity index is 2810. The molecule has 8 bridgehead atoms. The predicted molar refractivity (Wildman–Crippen MR) is 215 cm³/mol. The zero-order valence-electron chi connectivity index (χ0n) is 28.9. The van der Waals surface area contributed by atoms with Crippen LogP contribution in [0.5, 0.6) is 0 Å². The van der Waals surface area contributed by atoms with Crippen LogP contribution in [-0.4, -0.2) is 31.2 Å². The normalized spacial score (nSPS) is 12.9. The largest absolute Gasteiger partial charge is 0.388 e. The van der Waals surface area contributed by atoms with Gasteiger partial charge in [-0.3, -0.25) is 0 Å². The first kappa shape index (κ1) is 34.3. The molecule has 0 saturated heterocycles. The summed E-state index contributed by atoms with van der Waals surface area (Å²) < 4.78 is 62.3. The summed E-state index contributed by atoms with van der Waals surface area (Å²) in [7, 11) is 0. The van der Waals surface area contributed by atoms with Gasteiger partial charge in [0.05, 0.1) is 28.3 Å². The van der Waals surface area contributed by atoms with E-state index in [9.17, 15) is 8.78 Å². The Labute approximate surface area is 318 Å². The molecule has 0 saturated carbocycles. The smallest absolute Gasteiger partial charge is 0.354 e. The second-order valence-corrected chi connectivity index (χ2v) is 13.7. The van der Waals surface area contributed by atoms with Gasteiger partial charge in [-0.1, -0.05) is 121 Å². The van der Waals surface area contributed by atoms with Crippen molar-refractivity contribution < 1.29 is 17.6 Å². The zero-order valence-corrected chi connectivity index (χ0v) is 29.6. The number of fused-ring (bicyclic) bond motifs is 8. The Morgan fingerprint density at radius 1 is 0.418 bits per heavy atom. The maximum atomic E-state index is 16.2. The maximum absolute atomic E-state index is 16.2. The van der Waals surface area contributed by atoms with Crippen LogP contribution in [0.3, 0.4) is 0 Å². The molecule has 0 atom stereocenters. The van der Waals surface area contributed by atoms with Crippen LogP contribution in [0.25, 0.3) is 90.4 Å². The van der Waals surface area contributed by atoms with Gasteiger partial charge < -0.3 is 9.97 Å². The fourth-order valence-electron chi connectivity index (χ4n) is 7.31. The third kappa shape index (κ3) is 6.05. The van der Waals surface area contributed by atoms with Crippen molar-refractivity contribution in [3.05, 3.63) is 168 Å². The highest BCUT2D eigenvalue weighted by molar-refractivity contribution is 6.23. The van der Waals surface area contributed by atoms with Gasteiger partial charge in [0, 0.05) is 44.3 Å². The first-order chi connectivity index (χ1) is 26.7. The summed E-state index contributed by atoms with van der Waals surface area (Å²) in [6, 6.07) is 44.7. The Morgan fingerprint density at radius 2 is 0.764 bits per heavy atom. The highest BCUT2D eigenvalue weighted by Gasteiger charge is 2.59. The fraction of sp³-hybridized carbons (Fsp3) is 0.0435. The van der Waals surface area contributed by atoms with Crippen LogP contribution >= 0.6 is 11.6 Å². The van der Waals surface area contributed by atoms with Crippen molar-refractivity contribution in [1.82, 2.24) is 19.9 Å². The van der Waals surface area contributed by atoms with Crippen molar-refractivity contribution in [2.75, 3.05) is 0 Å². The molecule has 2 aliphatic rings. The average molecular weight is 749 g/mol. The summed E-state index contributed by atoms with van der Waals surface area (Å²) in [5, 5.41) is -4.93. The molecule has 0 amide bonds. The lowest BCUT2D eigenvalue weighted by atomic mass is 9.96. The molecule has 9 rings (SSSR count). The molecule has 0 radical (unpaired) electrons. The number of halogens is 5. The van der Waals surface area contributed by atoms with E-state index in [0.29, 0.717) is 50.1 Å². The molecule has 4 aromatic carbocycles. The number of hydrogen-bond acceptors (Lipinski definition) is 2. The lowest BCUT2D eigenvalue weighted by Gasteiger charge is -2.23. The van der Waals surface area contributed by atoms with Crippen molar-refractivity contribution in [2.45, 2.75) is 11.3 Å². The van der Waals surface area contributed by atoms with Crippen LogP contribution in [0, 0.1) is 0 Å². The van der Waals surface area contributed by atoms with Crippen LogP contribution in [0.1, 0.15) is 22.8 Å². The molecule has 2 N–H and O–H groups in total. The summed E-state index contributed by atoms with van der Waals surface area (Å²) in [5.74, 6) is -4.82. The standard InChI is InChI=1S/C46H29ClF4N4/c47-46(50,51)45(48,49)32-27-39-42(30-17-9-3-10-18-30)37-24-23-35(53-37)40(28-13-5-1-6-14-28)33-21-22-34(52-33)41(29-15-7-2-8-16-29)36-25-26-38(54-36)43(44(32)55-39)31-19-11-4-12-20-31/h1-27,53-54H. The molecule has 0 unspecified atom stereocenters. The van der Waals surface area contributed by atoms with E-state index >= 15 is 8.78 Å². The molecular weight excluding hydrogens is 720 g/mol. The third-order valence-electron chi connectivity index (χ3n) is 9.81. The van der Waals surface area contributed by atoms with E-state index < -0.39 is 16.9 Å². The Balaban J connectivity index is 1.53. The van der Waals surface area contributed by atoms with Gasteiger partial charge in [0.1, 0.15) is 0 Å². The zero-order chi connectivity index (χ0) is 37.7. The van der Waals surface area contributed by atoms with E-state index in [1.54, 1.807) is 36.4 Å². The van der Waals surface area contributed by atoms with E-state index in [1.807, 2.05) is 121 Å². The topological polar surface area (TPSA) is 57.4 Å². The number of allylic oxidation sites excluding steroid dienone is 1. The average Bonchev–Trinajstić information content (AvgIpc) is 4.03. The van der Waals surface area contributed by atoms with E-state index in [1.165, 1.54) is 0 Å². The Morgan fingerprint density at radius 3 is 1.15 bits per heavy atom. The second-order valence-electron chi connectivity index (χ2n) is 13.2. The number of H-pyrrole nitrogens is 2. The number of aromatic amines is 2. The van der Waals surface area contributed by atoms with Crippen LogP contribution in [0.2, 0.25) is 0 Å². The fourth-order valence-corrected chi connectivity index (χ4v) is 7.41. The highest BCUT2D eigenvalue weighted by Crippen LogP contribution is 2.51. The number of aromatic nitrogens is 4. The summed E-state index contributed by atoms with van der Waals surface area (Å²) in [4.78, 5) is 17.1. The number of rotatable bonds is 6. The van der Waals surface area contributed by atoms with Crippen molar-refractivity contribution in [3.8, 4) is 44.5 Å². The molecular formula is C46H29ClF4N4. The highest BCUT2D eigenvalue weighted by atomic mass is 35.5. The number of benzene rings is 4. The summed E-state index contributed by atoms with van der Waals surface area (Å²) in [6.07, 6.45) is 4.98. The number of nitrogens with one attached hydrogen (secondary N) is 2. The lowest BCUT2D eigenvalue weighted by Crippen LogP contribution is -2.36. The van der Waals surface area contributed by atoms with Gasteiger partial charge in [-0.05, 0) is 76.3 Å². The van der Waals surface area contributed by atoms with E-state index in [2.05, 4.69) is 9.97 Å². The van der Waals surface area contributed by atoms with E-state index in [0.717, 1.165) is 28.3 Å². The summed E-state index contributed by atoms with van der Waals surface area (Å²) in [6.45, 7) is 0. The molecule has 5 heterocycles. The molecule has 0 fully saturated rings. The minimum Gasteiger partial charge on any atom is -0.354 e. The molecule has 0 spiro atoms. The first-order valence-corrected chi connectivity index (χ1v) is 17.9. The number of nitrogens with zero attached hydrogens (tertiary/aromatic N) is 2. The van der Waals surface area contributed by atoms with Crippen LogP contribution in [-0.2, 0) is 0 Å². The van der Waals surface area contributed by atoms with Crippen molar-refractivity contribution in [3.63, 3.8) is 0 Å². The molecule has 4 nitrogen and oxygen atoms in total. The molecule has 3 aromatic heterocycles. The Kier molecular flexibility index (Phi) is 8.36. The van der Waals surface area contributed by atoms with Crippen LogP contribution in [0.4, 0.5) is 17.6 Å². The quantitative estimate of drug-likeness (QED) is 0.131. The lowest BCUT2D eigenvalue weighted by molar-refractivity contribution is -0.114. The molecule has 55 heavy (non-hydrogen) atoms. The minimum atomic E-state index is -4.93. The van der Waals surface area contributed by atoms with Gasteiger partial charge >= 0.3 is 11.3 Å². The van der Waals surface area contributed by atoms with Gasteiger partial charge in [-0.2, -0.15) is 17.6 Å². The first-order valence-electron chi connectivity index (χ1n) is 17.5. The van der Waals surface area contributed by atoms with Gasteiger partial charge in [-0.15, -0.1) is 0 Å². The molecule has 268 valence electrons. The van der Waals surface area contributed by atoms with Crippen molar-refractivity contribution in [2.24, 2.45) is 0 Å². The van der Waals surface area contributed by atoms with Gasteiger partial charge in [0.15, 0.2) is 0 Å². The number of alkyl halides is 5. The molecule has 0 aliphatic carbocycles. The van der Waals surface area contributed by atoms with Crippen molar-refractivity contribution >= 4 is 57.5 Å². The molecule has 2 aliphatic heterocycles. The van der Waals surface area contributed by atoms with E-state index in [-0.39, 0.29) is 17.0 Å². The van der Waals surface area contributed by atoms with Gasteiger partial charge in [0.2, 0.25) is 0 Å². The van der Waals surface area contributed by atoms with E-state index in [4.69, 9.17) is 21.6 Å². The van der Waals surface area contributed by atoms with Crippen LogP contribution in [0.15, 0.2) is 146 Å². The molecule has 7 aromatic rings. The molecule has 9 heteroatoms. The second kappa shape index (κ2) is 13.4. The summed E-state index contributed by atoms with van der Waals surface area (Å²) in [5.41, 5.74) is 7.41. The summed E-state index contributed by atoms with van der Waals surface area (Å²) >= 11 is 5.25. The van der Waals surface area contributed by atoms with Gasteiger partial charge in [0.25, 0.3) is 0 Å². The predicted octanol–water partition coefficient (Wildman–Crippen LogP) is 13.2. The minimum absolute atomic E-state index is 0.0593. The number of hydrogen-bond donors (Lipinski definition) is 2. The third-order valence-corrected chi connectivity index (χ3v) is 10.0. The monoisotopic (exact) mass is 748 g/mol. The maximum Gasteiger partial charge on any atom is 0.388 e. The van der Waals surface area contributed by atoms with Crippen molar-refractivity contribution in [1.29, 1.82) is 0 Å².